The highest BCUT2D eigenvalue weighted by atomic mass is 16.5. The van der Waals surface area contributed by atoms with Crippen molar-refractivity contribution in [3.8, 4) is 0 Å². The molecule has 0 saturated heterocycles. The molecule has 1 rings (SSSR count). The molecule has 76 valence electrons. The largest absolute Gasteiger partial charge is 0.468 e. The van der Waals surface area contributed by atoms with E-state index >= 15 is 0 Å². The Morgan fingerprint density at radius 2 is 2.31 bits per heavy atom. The lowest BCUT2D eigenvalue weighted by Gasteiger charge is -2.38. The standard InChI is InChI=1S/C9H18N2O2/c1-11(7-4-3-5-7)8(6-10)9(12)13-2/h7-8H,3-6,10H2,1-2H3. The molecule has 1 atom stereocenters. The van der Waals surface area contributed by atoms with Crippen LogP contribution in [0, 0.1) is 0 Å². The highest BCUT2D eigenvalue weighted by Gasteiger charge is 2.31. The number of carbonyl (C=O) groups is 1. The molecule has 0 heterocycles. The van der Waals surface area contributed by atoms with Crippen molar-refractivity contribution in [1.29, 1.82) is 0 Å². The number of likely N-dealkylation sites (N-methyl/N-ethyl adjacent to an activating group) is 1. The van der Waals surface area contributed by atoms with Gasteiger partial charge in [-0.25, -0.2) is 0 Å². The Balaban J connectivity index is 2.48. The van der Waals surface area contributed by atoms with Crippen LogP contribution in [0.25, 0.3) is 0 Å². The number of hydrogen-bond donors (Lipinski definition) is 1. The molecule has 0 spiro atoms. The van der Waals surface area contributed by atoms with Crippen LogP contribution in [0.2, 0.25) is 0 Å². The van der Waals surface area contributed by atoms with Crippen LogP contribution in [0.5, 0.6) is 0 Å². The minimum Gasteiger partial charge on any atom is -0.468 e. The Morgan fingerprint density at radius 1 is 1.69 bits per heavy atom. The van der Waals surface area contributed by atoms with Gasteiger partial charge >= 0.3 is 5.97 Å². The summed E-state index contributed by atoms with van der Waals surface area (Å²) in [6, 6.07) is 0.253. The molecule has 0 aromatic rings. The van der Waals surface area contributed by atoms with Gasteiger partial charge < -0.3 is 10.5 Å². The van der Waals surface area contributed by atoms with Crippen LogP contribution in [-0.2, 0) is 9.53 Å². The lowest BCUT2D eigenvalue weighted by atomic mass is 9.91. The Morgan fingerprint density at radius 3 is 2.62 bits per heavy atom. The van der Waals surface area contributed by atoms with E-state index in [-0.39, 0.29) is 12.0 Å². The van der Waals surface area contributed by atoms with Gasteiger partial charge in [-0.3, -0.25) is 9.69 Å². The van der Waals surface area contributed by atoms with Gasteiger partial charge in [0.05, 0.1) is 7.11 Å². The van der Waals surface area contributed by atoms with Gasteiger partial charge in [-0.2, -0.15) is 0 Å². The molecule has 2 N–H and O–H groups in total. The maximum Gasteiger partial charge on any atom is 0.324 e. The first kappa shape index (κ1) is 10.5. The van der Waals surface area contributed by atoms with Gasteiger partial charge in [0, 0.05) is 12.6 Å². The lowest BCUT2D eigenvalue weighted by Crippen LogP contribution is -2.51. The third-order valence-electron chi connectivity index (χ3n) is 2.84. The Hall–Kier alpha value is -0.610. The number of hydrogen-bond acceptors (Lipinski definition) is 4. The maximum atomic E-state index is 11.3. The van der Waals surface area contributed by atoms with Gasteiger partial charge in [-0.15, -0.1) is 0 Å². The molecule has 0 bridgehead atoms. The second kappa shape index (κ2) is 4.58. The highest BCUT2D eigenvalue weighted by molar-refractivity contribution is 5.75. The van der Waals surface area contributed by atoms with E-state index in [1.54, 1.807) is 0 Å². The van der Waals surface area contributed by atoms with E-state index in [0.29, 0.717) is 12.6 Å². The topological polar surface area (TPSA) is 55.6 Å². The molecule has 1 fully saturated rings. The number of rotatable bonds is 4. The highest BCUT2D eigenvalue weighted by Crippen LogP contribution is 2.25. The second-order valence-electron chi connectivity index (χ2n) is 3.52. The van der Waals surface area contributed by atoms with Gasteiger partial charge in [0.2, 0.25) is 0 Å². The summed E-state index contributed by atoms with van der Waals surface area (Å²) >= 11 is 0. The Bertz CT molecular complexity index is 180. The molecule has 0 aromatic carbocycles. The quantitative estimate of drug-likeness (QED) is 0.626. The van der Waals surface area contributed by atoms with E-state index in [0.717, 1.165) is 0 Å². The van der Waals surface area contributed by atoms with Crippen LogP contribution in [0.3, 0.4) is 0 Å². The predicted octanol–water partition coefficient (Wildman–Crippen LogP) is -0.0290. The fourth-order valence-corrected chi connectivity index (χ4v) is 1.61. The van der Waals surface area contributed by atoms with Crippen LogP contribution in [0.4, 0.5) is 0 Å². The molecule has 1 aliphatic rings. The van der Waals surface area contributed by atoms with Crippen molar-refractivity contribution >= 4 is 5.97 Å². The minimum absolute atomic E-state index is 0.225. The summed E-state index contributed by atoms with van der Waals surface area (Å²) in [5, 5.41) is 0. The van der Waals surface area contributed by atoms with Crippen LogP contribution in [-0.4, -0.2) is 43.7 Å². The number of carbonyl (C=O) groups excluding carboxylic acids is 1. The van der Waals surface area contributed by atoms with Crippen molar-refractivity contribution in [2.75, 3.05) is 20.7 Å². The molecular weight excluding hydrogens is 168 g/mol. The molecule has 4 nitrogen and oxygen atoms in total. The summed E-state index contributed by atoms with van der Waals surface area (Å²) in [5.41, 5.74) is 5.52. The smallest absolute Gasteiger partial charge is 0.324 e. The maximum absolute atomic E-state index is 11.3. The average molecular weight is 186 g/mol. The molecule has 0 aromatic heterocycles. The van der Waals surface area contributed by atoms with Gasteiger partial charge in [-0.1, -0.05) is 6.42 Å². The van der Waals surface area contributed by atoms with Crippen molar-refractivity contribution in [3.63, 3.8) is 0 Å². The fourth-order valence-electron chi connectivity index (χ4n) is 1.61. The molecule has 0 amide bonds. The first-order chi connectivity index (χ1) is 6.20. The van der Waals surface area contributed by atoms with Crippen LogP contribution in [0.15, 0.2) is 0 Å². The van der Waals surface area contributed by atoms with Crippen molar-refractivity contribution in [2.24, 2.45) is 5.73 Å². The molecule has 13 heavy (non-hydrogen) atoms. The molecule has 1 saturated carbocycles. The molecule has 4 heteroatoms. The third kappa shape index (κ3) is 2.19. The van der Waals surface area contributed by atoms with E-state index in [1.807, 2.05) is 11.9 Å². The first-order valence-corrected chi connectivity index (χ1v) is 4.70. The van der Waals surface area contributed by atoms with Gasteiger partial charge in [-0.05, 0) is 19.9 Å². The second-order valence-corrected chi connectivity index (χ2v) is 3.52. The molecule has 0 aliphatic heterocycles. The lowest BCUT2D eigenvalue weighted by molar-refractivity contribution is -0.147. The zero-order valence-corrected chi connectivity index (χ0v) is 8.32. The molecule has 1 unspecified atom stereocenters. The molecular formula is C9H18N2O2. The summed E-state index contributed by atoms with van der Waals surface area (Å²) in [5.74, 6) is -0.225. The van der Waals surface area contributed by atoms with E-state index in [1.165, 1.54) is 26.4 Å². The third-order valence-corrected chi connectivity index (χ3v) is 2.84. The summed E-state index contributed by atoms with van der Waals surface area (Å²) in [6.07, 6.45) is 3.60. The van der Waals surface area contributed by atoms with Crippen LogP contribution >= 0.6 is 0 Å². The monoisotopic (exact) mass is 186 g/mol. The minimum atomic E-state index is -0.268. The van der Waals surface area contributed by atoms with Crippen molar-refractivity contribution in [3.05, 3.63) is 0 Å². The van der Waals surface area contributed by atoms with Gasteiger partial charge in [0.1, 0.15) is 6.04 Å². The fraction of sp³-hybridized carbons (Fsp3) is 0.889. The van der Waals surface area contributed by atoms with E-state index in [4.69, 9.17) is 5.73 Å². The zero-order valence-electron chi connectivity index (χ0n) is 8.32. The van der Waals surface area contributed by atoms with Crippen LogP contribution < -0.4 is 5.73 Å². The normalized spacial score (nSPS) is 19.7. The predicted molar refractivity (Wildman–Crippen MR) is 50.3 cm³/mol. The van der Waals surface area contributed by atoms with E-state index in [9.17, 15) is 4.79 Å². The zero-order chi connectivity index (χ0) is 9.84. The summed E-state index contributed by atoms with van der Waals surface area (Å²) in [7, 11) is 3.35. The van der Waals surface area contributed by atoms with Crippen molar-refractivity contribution < 1.29 is 9.53 Å². The van der Waals surface area contributed by atoms with E-state index < -0.39 is 0 Å². The number of nitrogens with two attached hydrogens (primary N) is 1. The van der Waals surface area contributed by atoms with Gasteiger partial charge in [0.25, 0.3) is 0 Å². The van der Waals surface area contributed by atoms with E-state index in [2.05, 4.69) is 4.74 Å². The average Bonchev–Trinajstić information content (AvgIpc) is 2.02. The number of methoxy groups -OCH3 is 1. The molecule has 0 radical (unpaired) electrons. The number of esters is 1. The first-order valence-electron chi connectivity index (χ1n) is 4.70. The SMILES string of the molecule is COC(=O)C(CN)N(C)C1CCC1. The van der Waals surface area contributed by atoms with Crippen molar-refractivity contribution in [1.82, 2.24) is 4.90 Å². The molecule has 1 aliphatic carbocycles. The Kier molecular flexibility index (Phi) is 3.69. The van der Waals surface area contributed by atoms with Crippen LogP contribution in [0.1, 0.15) is 19.3 Å². The summed E-state index contributed by atoms with van der Waals surface area (Å²) < 4.78 is 4.68. The summed E-state index contributed by atoms with van der Waals surface area (Å²) in [4.78, 5) is 13.3. The van der Waals surface area contributed by atoms with Gasteiger partial charge in [0.15, 0.2) is 0 Å². The van der Waals surface area contributed by atoms with Crippen molar-refractivity contribution in [2.45, 2.75) is 31.3 Å². The number of nitrogens with zero attached hydrogens (tertiary/aromatic N) is 1. The summed E-state index contributed by atoms with van der Waals surface area (Å²) in [6.45, 7) is 0.333. The number of ether oxygens (including phenoxy) is 1. The Labute approximate surface area is 79.0 Å².